The van der Waals surface area contributed by atoms with Gasteiger partial charge >= 0.3 is 0 Å². The molecule has 0 bridgehead atoms. The number of carbonyl (C=O) groups excluding carboxylic acids is 1. The minimum absolute atomic E-state index is 0.0565. The molecular formula is C21H25N3O2S. The lowest BCUT2D eigenvalue weighted by Crippen LogP contribution is -2.15. The molecule has 0 radical (unpaired) electrons. The van der Waals surface area contributed by atoms with E-state index in [1.807, 2.05) is 37.3 Å². The Bertz CT molecular complexity index is 927. The van der Waals surface area contributed by atoms with Crippen LogP contribution in [0.3, 0.4) is 0 Å². The zero-order valence-electron chi connectivity index (χ0n) is 16.1. The van der Waals surface area contributed by atoms with Crippen molar-refractivity contribution >= 4 is 34.4 Å². The minimum atomic E-state index is -0.0565. The van der Waals surface area contributed by atoms with Crippen molar-refractivity contribution in [2.45, 2.75) is 38.3 Å². The maximum atomic E-state index is 12.2. The quantitative estimate of drug-likeness (QED) is 0.589. The number of nitrogens with zero attached hydrogens (tertiary/aromatic N) is 1. The van der Waals surface area contributed by atoms with Gasteiger partial charge in [0.05, 0.1) is 23.4 Å². The van der Waals surface area contributed by atoms with Crippen molar-refractivity contribution in [3.8, 4) is 5.75 Å². The number of anilines is 1. The van der Waals surface area contributed by atoms with Crippen LogP contribution in [0.2, 0.25) is 0 Å². The fourth-order valence-electron chi connectivity index (χ4n) is 2.67. The maximum Gasteiger partial charge on any atom is 0.234 e. The van der Waals surface area contributed by atoms with Crippen LogP contribution < -0.4 is 10.1 Å². The Balaban J connectivity index is 1.58. The van der Waals surface area contributed by atoms with Crippen LogP contribution in [-0.4, -0.2) is 28.2 Å². The number of amides is 1. The van der Waals surface area contributed by atoms with Gasteiger partial charge in [-0.2, -0.15) is 0 Å². The van der Waals surface area contributed by atoms with E-state index in [2.05, 4.69) is 48.2 Å². The normalized spacial score (nSPS) is 11.6. The lowest BCUT2D eigenvalue weighted by atomic mass is 9.87. The van der Waals surface area contributed by atoms with E-state index in [4.69, 9.17) is 4.74 Å². The molecule has 5 nitrogen and oxygen atoms in total. The van der Waals surface area contributed by atoms with Crippen LogP contribution in [-0.2, 0) is 10.2 Å². The van der Waals surface area contributed by atoms with E-state index in [0.29, 0.717) is 12.4 Å². The lowest BCUT2D eigenvalue weighted by Gasteiger charge is -2.19. The number of nitrogens with one attached hydrogen (secondary N) is 2. The van der Waals surface area contributed by atoms with Crippen molar-refractivity contribution in [1.82, 2.24) is 9.97 Å². The fourth-order valence-corrected chi connectivity index (χ4v) is 3.36. The molecule has 3 rings (SSSR count). The Morgan fingerprint density at radius 2 is 1.93 bits per heavy atom. The average molecular weight is 384 g/mol. The molecule has 0 aliphatic heterocycles. The number of hydrogen-bond donors (Lipinski definition) is 2. The lowest BCUT2D eigenvalue weighted by molar-refractivity contribution is -0.113. The highest BCUT2D eigenvalue weighted by atomic mass is 32.2. The van der Waals surface area contributed by atoms with Crippen LogP contribution in [0.25, 0.3) is 11.0 Å². The number of aromatic nitrogens is 2. The smallest absolute Gasteiger partial charge is 0.234 e. The van der Waals surface area contributed by atoms with Gasteiger partial charge in [0.15, 0.2) is 5.16 Å². The summed E-state index contributed by atoms with van der Waals surface area (Å²) in [4.78, 5) is 20.0. The number of carbonyl (C=O) groups is 1. The monoisotopic (exact) mass is 383 g/mol. The zero-order chi connectivity index (χ0) is 19.4. The van der Waals surface area contributed by atoms with E-state index < -0.39 is 0 Å². The van der Waals surface area contributed by atoms with Gasteiger partial charge in [0, 0.05) is 11.8 Å². The molecule has 0 unspecified atom stereocenters. The Kier molecular flexibility index (Phi) is 5.75. The van der Waals surface area contributed by atoms with Crippen molar-refractivity contribution in [1.29, 1.82) is 0 Å². The number of H-pyrrole nitrogens is 1. The van der Waals surface area contributed by atoms with Crippen LogP contribution in [0.4, 0.5) is 5.69 Å². The molecule has 1 aromatic heterocycles. The number of aromatic amines is 1. The second kappa shape index (κ2) is 8.05. The molecule has 0 spiro atoms. The van der Waals surface area contributed by atoms with Crippen molar-refractivity contribution in [3.05, 3.63) is 48.0 Å². The predicted octanol–water partition coefficient (Wildman–Crippen LogP) is 4.99. The highest BCUT2D eigenvalue weighted by Crippen LogP contribution is 2.25. The summed E-state index contributed by atoms with van der Waals surface area (Å²) >= 11 is 1.38. The summed E-state index contributed by atoms with van der Waals surface area (Å²) in [6, 6.07) is 13.7. The number of ether oxygens (including phenoxy) is 1. The molecule has 27 heavy (non-hydrogen) atoms. The molecule has 1 heterocycles. The van der Waals surface area contributed by atoms with Crippen LogP contribution in [0.15, 0.2) is 47.6 Å². The van der Waals surface area contributed by atoms with E-state index >= 15 is 0 Å². The van der Waals surface area contributed by atoms with Crippen molar-refractivity contribution < 1.29 is 9.53 Å². The standard InChI is InChI=1S/C21H25N3O2S/c1-5-26-16-10-11-17-18(12-16)24-20(23-17)27-13-19(25)22-15-8-6-14(7-9-15)21(2,3)4/h6-12H,5,13H2,1-4H3,(H,22,25)(H,23,24). The topological polar surface area (TPSA) is 67.0 Å². The first-order valence-electron chi connectivity index (χ1n) is 9.01. The van der Waals surface area contributed by atoms with Gasteiger partial charge in [-0.05, 0) is 42.2 Å². The summed E-state index contributed by atoms with van der Waals surface area (Å²) < 4.78 is 5.50. The molecule has 0 saturated carbocycles. The second-order valence-corrected chi connectivity index (χ2v) is 8.28. The molecule has 6 heteroatoms. The van der Waals surface area contributed by atoms with Crippen molar-refractivity contribution in [2.24, 2.45) is 0 Å². The van der Waals surface area contributed by atoms with E-state index in [9.17, 15) is 4.79 Å². The van der Waals surface area contributed by atoms with E-state index in [1.165, 1.54) is 17.3 Å². The molecule has 0 saturated heterocycles. The molecular weight excluding hydrogens is 358 g/mol. The zero-order valence-corrected chi connectivity index (χ0v) is 16.9. The summed E-state index contributed by atoms with van der Waals surface area (Å²) in [6.07, 6.45) is 0. The Labute approximate surface area is 163 Å². The molecule has 0 atom stereocenters. The minimum Gasteiger partial charge on any atom is -0.494 e. The largest absolute Gasteiger partial charge is 0.494 e. The molecule has 2 N–H and O–H groups in total. The first kappa shape index (κ1) is 19.3. The van der Waals surface area contributed by atoms with Gasteiger partial charge in [-0.1, -0.05) is 44.7 Å². The molecule has 142 valence electrons. The number of imidazole rings is 1. The van der Waals surface area contributed by atoms with E-state index in [-0.39, 0.29) is 11.3 Å². The van der Waals surface area contributed by atoms with Crippen LogP contribution in [0, 0.1) is 0 Å². The molecule has 2 aromatic carbocycles. The molecule has 0 aliphatic rings. The number of rotatable bonds is 6. The fraction of sp³-hybridized carbons (Fsp3) is 0.333. The van der Waals surface area contributed by atoms with Gasteiger partial charge < -0.3 is 15.0 Å². The Morgan fingerprint density at radius 3 is 2.59 bits per heavy atom. The first-order chi connectivity index (χ1) is 12.8. The number of hydrogen-bond acceptors (Lipinski definition) is 4. The van der Waals surface area contributed by atoms with Gasteiger partial charge in [-0.15, -0.1) is 0 Å². The van der Waals surface area contributed by atoms with Crippen molar-refractivity contribution in [3.63, 3.8) is 0 Å². The SMILES string of the molecule is CCOc1ccc2nc(SCC(=O)Nc3ccc(C(C)(C)C)cc3)[nH]c2c1. The summed E-state index contributed by atoms with van der Waals surface area (Å²) in [7, 11) is 0. The number of benzene rings is 2. The van der Waals surface area contributed by atoms with Gasteiger partial charge in [0.25, 0.3) is 0 Å². The van der Waals surface area contributed by atoms with Crippen LogP contribution in [0.5, 0.6) is 5.75 Å². The van der Waals surface area contributed by atoms with E-state index in [1.54, 1.807) is 0 Å². The van der Waals surface area contributed by atoms with Gasteiger partial charge in [0.1, 0.15) is 5.75 Å². The summed E-state index contributed by atoms with van der Waals surface area (Å²) in [5.41, 5.74) is 3.91. The Hall–Kier alpha value is -2.47. The highest BCUT2D eigenvalue weighted by Gasteiger charge is 2.13. The third-order valence-electron chi connectivity index (χ3n) is 4.12. The van der Waals surface area contributed by atoms with Crippen molar-refractivity contribution in [2.75, 3.05) is 17.7 Å². The summed E-state index contributed by atoms with van der Waals surface area (Å²) in [6.45, 7) is 9.08. The second-order valence-electron chi connectivity index (χ2n) is 7.32. The van der Waals surface area contributed by atoms with Gasteiger partial charge in [-0.25, -0.2) is 4.98 Å². The van der Waals surface area contributed by atoms with Gasteiger partial charge in [-0.3, -0.25) is 4.79 Å². The first-order valence-corrected chi connectivity index (χ1v) is 9.99. The third-order valence-corrected chi connectivity index (χ3v) is 4.99. The molecule has 0 fully saturated rings. The predicted molar refractivity (Wildman–Crippen MR) is 112 cm³/mol. The molecule has 3 aromatic rings. The Morgan fingerprint density at radius 1 is 1.19 bits per heavy atom. The number of thioether (sulfide) groups is 1. The van der Waals surface area contributed by atoms with Crippen LogP contribution >= 0.6 is 11.8 Å². The summed E-state index contributed by atoms with van der Waals surface area (Å²) in [5, 5.41) is 3.65. The maximum absolute atomic E-state index is 12.2. The third kappa shape index (κ3) is 5.04. The molecule has 0 aliphatic carbocycles. The van der Waals surface area contributed by atoms with Gasteiger partial charge in [0.2, 0.25) is 5.91 Å². The molecule has 1 amide bonds. The highest BCUT2D eigenvalue weighted by molar-refractivity contribution is 7.99. The summed E-state index contributed by atoms with van der Waals surface area (Å²) in [5.74, 6) is 1.04. The van der Waals surface area contributed by atoms with E-state index in [0.717, 1.165) is 27.6 Å². The average Bonchev–Trinajstić information content (AvgIpc) is 3.02. The van der Waals surface area contributed by atoms with Crippen LogP contribution in [0.1, 0.15) is 33.3 Å². The number of fused-ring (bicyclic) bond motifs is 1.